The van der Waals surface area contributed by atoms with Crippen LogP contribution in [-0.4, -0.2) is 44.3 Å². The second-order valence-electron chi connectivity index (χ2n) is 10.1. The van der Waals surface area contributed by atoms with Crippen LogP contribution in [0.25, 0.3) is 0 Å². The number of hydrogen-bond acceptors (Lipinski definition) is 4. The lowest BCUT2D eigenvalue weighted by atomic mass is 10.0. The number of sulfonamides is 1. The normalized spacial score (nSPS) is 11.9. The molecule has 0 spiro atoms. The zero-order chi connectivity index (χ0) is 31.9. The number of rotatable bonds is 12. The van der Waals surface area contributed by atoms with Crippen molar-refractivity contribution in [3.8, 4) is 0 Å². The molecule has 0 heterocycles. The van der Waals surface area contributed by atoms with E-state index in [2.05, 4.69) is 5.32 Å². The number of nitrogens with zero attached hydrogens (tertiary/aromatic N) is 2. The van der Waals surface area contributed by atoms with E-state index in [9.17, 15) is 18.0 Å². The lowest BCUT2D eigenvalue weighted by Crippen LogP contribution is -2.53. The average molecular weight is 673 g/mol. The van der Waals surface area contributed by atoms with Crippen molar-refractivity contribution in [2.75, 3.05) is 17.4 Å². The van der Waals surface area contributed by atoms with E-state index in [0.717, 1.165) is 9.87 Å². The monoisotopic (exact) mass is 671 g/mol. The zero-order valence-corrected chi connectivity index (χ0v) is 27.3. The fourth-order valence-corrected chi connectivity index (χ4v) is 7.07. The van der Waals surface area contributed by atoms with E-state index >= 15 is 0 Å². The van der Waals surface area contributed by atoms with Gasteiger partial charge in [-0.25, -0.2) is 8.42 Å². The molecule has 0 radical (unpaired) electrons. The minimum atomic E-state index is -4.23. The van der Waals surface area contributed by atoms with Gasteiger partial charge in [0.05, 0.1) is 10.6 Å². The number of halogens is 3. The molecule has 0 saturated carbocycles. The Bertz CT molecular complexity index is 1700. The maximum Gasteiger partial charge on any atom is 0.264 e. The summed E-state index contributed by atoms with van der Waals surface area (Å²) < 4.78 is 29.2. The smallest absolute Gasteiger partial charge is 0.264 e. The third-order valence-corrected chi connectivity index (χ3v) is 9.77. The summed E-state index contributed by atoms with van der Waals surface area (Å²) in [5.41, 5.74) is 2.08. The van der Waals surface area contributed by atoms with Crippen molar-refractivity contribution >= 4 is 62.3 Å². The van der Waals surface area contributed by atoms with Crippen LogP contribution in [0.3, 0.4) is 0 Å². The van der Waals surface area contributed by atoms with E-state index in [4.69, 9.17) is 34.8 Å². The number of amides is 2. The van der Waals surface area contributed by atoms with Crippen LogP contribution in [0.2, 0.25) is 15.1 Å². The molecular weight excluding hydrogens is 641 g/mol. The van der Waals surface area contributed by atoms with Crippen molar-refractivity contribution in [2.45, 2.75) is 37.8 Å². The molecule has 0 fully saturated rings. The summed E-state index contributed by atoms with van der Waals surface area (Å²) in [6, 6.07) is 25.8. The predicted octanol–water partition coefficient (Wildman–Crippen LogP) is 6.93. The van der Waals surface area contributed by atoms with E-state index in [1.807, 2.05) is 30.3 Å². The molecular formula is C33H32Cl3N3O4S. The van der Waals surface area contributed by atoms with Gasteiger partial charge in [0.15, 0.2) is 0 Å². The van der Waals surface area contributed by atoms with Crippen LogP contribution in [0.1, 0.15) is 23.6 Å². The van der Waals surface area contributed by atoms with E-state index in [1.54, 1.807) is 68.4 Å². The van der Waals surface area contributed by atoms with E-state index in [1.165, 1.54) is 17.0 Å². The molecule has 4 aromatic rings. The Morgan fingerprint density at radius 3 is 2.05 bits per heavy atom. The third-order valence-electron chi connectivity index (χ3n) is 7.05. The van der Waals surface area contributed by atoms with Crippen molar-refractivity contribution in [1.29, 1.82) is 0 Å². The van der Waals surface area contributed by atoms with Gasteiger partial charge in [-0.3, -0.25) is 13.9 Å². The van der Waals surface area contributed by atoms with Gasteiger partial charge in [-0.05, 0) is 67.4 Å². The Morgan fingerprint density at radius 2 is 1.45 bits per heavy atom. The molecule has 2 amide bonds. The molecule has 1 atom stereocenters. The number of likely N-dealkylation sites (N-methyl/N-ethyl adjacent to an activating group) is 1. The highest BCUT2D eigenvalue weighted by molar-refractivity contribution is 7.92. The number of carbonyl (C=O) groups is 2. The molecule has 4 aromatic carbocycles. The Labute approximate surface area is 273 Å². The number of carbonyl (C=O) groups excluding carboxylic acids is 2. The Morgan fingerprint density at radius 1 is 0.841 bits per heavy atom. The first-order chi connectivity index (χ1) is 21.0. The highest BCUT2D eigenvalue weighted by Crippen LogP contribution is 2.31. The van der Waals surface area contributed by atoms with Crippen molar-refractivity contribution < 1.29 is 18.0 Å². The summed E-state index contributed by atoms with van der Waals surface area (Å²) in [5.74, 6) is -1.02. The molecule has 0 saturated heterocycles. The van der Waals surface area contributed by atoms with Gasteiger partial charge >= 0.3 is 0 Å². The first-order valence-electron chi connectivity index (χ1n) is 13.9. The molecule has 1 N–H and O–H groups in total. The minimum Gasteiger partial charge on any atom is -0.355 e. The Balaban J connectivity index is 1.85. The lowest BCUT2D eigenvalue weighted by molar-refractivity contribution is -0.140. The molecule has 0 aliphatic rings. The fourth-order valence-electron chi connectivity index (χ4n) is 4.83. The topological polar surface area (TPSA) is 86.8 Å². The molecule has 4 rings (SSSR count). The first-order valence-corrected chi connectivity index (χ1v) is 16.5. The summed E-state index contributed by atoms with van der Waals surface area (Å²) in [5, 5.41) is 3.87. The van der Waals surface area contributed by atoms with Gasteiger partial charge in [-0.2, -0.15) is 0 Å². The molecule has 0 aliphatic heterocycles. The number of nitrogens with one attached hydrogen (secondary N) is 1. The van der Waals surface area contributed by atoms with Crippen molar-refractivity contribution in [3.05, 3.63) is 129 Å². The molecule has 0 bridgehead atoms. The second kappa shape index (κ2) is 14.9. The van der Waals surface area contributed by atoms with Crippen molar-refractivity contribution in [1.82, 2.24) is 10.2 Å². The van der Waals surface area contributed by atoms with Gasteiger partial charge < -0.3 is 10.2 Å². The molecule has 0 aliphatic carbocycles. The number of hydrogen-bond donors (Lipinski definition) is 1. The molecule has 1 unspecified atom stereocenters. The van der Waals surface area contributed by atoms with Crippen LogP contribution in [0.5, 0.6) is 0 Å². The highest BCUT2D eigenvalue weighted by Gasteiger charge is 2.35. The standard InChI is InChI=1S/C33H32Cl3N3O4S/c1-3-37-33(41)31(20-24-11-6-4-7-12-24)38(21-27-28(35)15-10-16-29(27)36)32(40)22-39(30-18-17-25(34)19-23(30)2)44(42,43)26-13-8-5-9-14-26/h4-19,31H,3,20-22H2,1-2H3,(H,37,41). The first kappa shape index (κ1) is 33.3. The maximum absolute atomic E-state index is 14.5. The zero-order valence-electron chi connectivity index (χ0n) is 24.2. The maximum atomic E-state index is 14.5. The van der Waals surface area contributed by atoms with Crippen LogP contribution in [-0.2, 0) is 32.6 Å². The molecule has 11 heteroatoms. The Hall–Kier alpha value is -3.56. The summed E-state index contributed by atoms with van der Waals surface area (Å²) in [6.07, 6.45) is 0.173. The SMILES string of the molecule is CCNC(=O)C(Cc1ccccc1)N(Cc1c(Cl)cccc1Cl)C(=O)CN(c1ccc(Cl)cc1C)S(=O)(=O)c1ccccc1. The largest absolute Gasteiger partial charge is 0.355 e. The molecule has 44 heavy (non-hydrogen) atoms. The lowest BCUT2D eigenvalue weighted by Gasteiger charge is -2.34. The number of benzene rings is 4. The Kier molecular flexibility index (Phi) is 11.3. The van der Waals surface area contributed by atoms with Gasteiger partial charge in [0.25, 0.3) is 10.0 Å². The molecule has 7 nitrogen and oxygen atoms in total. The van der Waals surface area contributed by atoms with Gasteiger partial charge in [0, 0.05) is 40.1 Å². The van der Waals surface area contributed by atoms with Gasteiger partial charge in [0.1, 0.15) is 12.6 Å². The van der Waals surface area contributed by atoms with Gasteiger partial charge in [0.2, 0.25) is 11.8 Å². The summed E-state index contributed by atoms with van der Waals surface area (Å²) >= 11 is 19.3. The van der Waals surface area contributed by atoms with Crippen molar-refractivity contribution in [3.63, 3.8) is 0 Å². The van der Waals surface area contributed by atoms with Crippen LogP contribution in [0.15, 0.2) is 102 Å². The third kappa shape index (κ3) is 7.93. The van der Waals surface area contributed by atoms with Crippen LogP contribution >= 0.6 is 34.8 Å². The summed E-state index contributed by atoms with van der Waals surface area (Å²) in [6.45, 7) is 3.09. The average Bonchev–Trinajstić information content (AvgIpc) is 3.00. The summed E-state index contributed by atoms with van der Waals surface area (Å²) in [4.78, 5) is 29.4. The number of aryl methyl sites for hydroxylation is 1. The quantitative estimate of drug-likeness (QED) is 0.177. The van der Waals surface area contributed by atoms with E-state index in [0.29, 0.717) is 32.7 Å². The van der Waals surface area contributed by atoms with Crippen molar-refractivity contribution in [2.24, 2.45) is 0 Å². The van der Waals surface area contributed by atoms with Gasteiger partial charge in [-0.1, -0.05) is 89.4 Å². The second-order valence-corrected chi connectivity index (χ2v) is 13.2. The predicted molar refractivity (Wildman–Crippen MR) is 177 cm³/mol. The van der Waals surface area contributed by atoms with E-state index in [-0.39, 0.29) is 23.5 Å². The van der Waals surface area contributed by atoms with Gasteiger partial charge in [-0.15, -0.1) is 0 Å². The highest BCUT2D eigenvalue weighted by atomic mass is 35.5. The minimum absolute atomic E-state index is 0.00686. The summed E-state index contributed by atoms with van der Waals surface area (Å²) in [7, 11) is -4.23. The number of anilines is 1. The molecule has 230 valence electrons. The molecule has 0 aromatic heterocycles. The van der Waals surface area contributed by atoms with Crippen LogP contribution < -0.4 is 9.62 Å². The van der Waals surface area contributed by atoms with Crippen LogP contribution in [0.4, 0.5) is 5.69 Å². The van der Waals surface area contributed by atoms with E-state index < -0.39 is 34.4 Å². The fraction of sp³-hybridized carbons (Fsp3) is 0.212. The van der Waals surface area contributed by atoms with Crippen LogP contribution in [0, 0.1) is 6.92 Å².